The van der Waals surface area contributed by atoms with Gasteiger partial charge >= 0.3 is 0 Å². The number of thioether (sulfide) groups is 1. The van der Waals surface area contributed by atoms with Crippen molar-refractivity contribution < 1.29 is 9.47 Å². The van der Waals surface area contributed by atoms with Gasteiger partial charge in [0.15, 0.2) is 10.6 Å². The molecule has 0 amide bonds. The molecule has 1 saturated heterocycles. The first-order chi connectivity index (χ1) is 11.7. The van der Waals surface area contributed by atoms with E-state index in [1.54, 1.807) is 23.1 Å². The number of rotatable bonds is 6. The predicted octanol–water partition coefficient (Wildman–Crippen LogP) is 4.78. The maximum Gasteiger partial charge on any atom is 0.161 e. The molecule has 126 valence electrons. The number of para-hydroxylation sites is 1. The summed E-state index contributed by atoms with van der Waals surface area (Å²) in [6, 6.07) is 7.97. The van der Waals surface area contributed by atoms with E-state index in [1.807, 2.05) is 18.2 Å². The molecule has 1 fully saturated rings. The van der Waals surface area contributed by atoms with Crippen molar-refractivity contribution in [1.29, 1.82) is 0 Å². The average molecular weight is 362 g/mol. The zero-order chi connectivity index (χ0) is 16.8. The van der Waals surface area contributed by atoms with Crippen molar-refractivity contribution in [2.45, 2.75) is 30.0 Å². The van der Waals surface area contributed by atoms with E-state index in [1.165, 1.54) is 10.3 Å². The molecular formula is C16H18N4O2S2. The molecule has 0 saturated carbocycles. The molecule has 0 aliphatic carbocycles. The number of hydrogen-bond donors (Lipinski definition) is 0. The Morgan fingerprint density at radius 3 is 3.00 bits per heavy atom. The minimum absolute atomic E-state index is 0.217. The zero-order valence-electron chi connectivity index (χ0n) is 13.3. The Labute approximate surface area is 148 Å². The molecule has 1 aromatic carbocycles. The lowest BCUT2D eigenvalue weighted by Gasteiger charge is -2.26. The Kier molecular flexibility index (Phi) is 6.12. The highest BCUT2D eigenvalue weighted by atomic mass is 32.2. The van der Waals surface area contributed by atoms with Crippen LogP contribution in [0, 0.1) is 0 Å². The van der Waals surface area contributed by atoms with Crippen molar-refractivity contribution in [3.8, 4) is 0 Å². The summed E-state index contributed by atoms with van der Waals surface area (Å²) in [5.41, 5.74) is 10.7. The highest BCUT2D eigenvalue weighted by molar-refractivity contribution is 8.01. The van der Waals surface area contributed by atoms with Crippen molar-refractivity contribution >= 4 is 33.3 Å². The van der Waals surface area contributed by atoms with Crippen LogP contribution in [-0.4, -0.2) is 36.3 Å². The summed E-state index contributed by atoms with van der Waals surface area (Å²) in [5.74, 6) is 0.897. The highest BCUT2D eigenvalue weighted by Crippen LogP contribution is 2.30. The molecule has 2 heterocycles. The van der Waals surface area contributed by atoms with Crippen LogP contribution in [0.4, 0.5) is 0 Å². The van der Waals surface area contributed by atoms with Crippen LogP contribution in [0.1, 0.15) is 13.3 Å². The zero-order valence-corrected chi connectivity index (χ0v) is 14.9. The van der Waals surface area contributed by atoms with Gasteiger partial charge in [0, 0.05) is 17.1 Å². The lowest BCUT2D eigenvalue weighted by atomic mass is 10.2. The first-order valence-corrected chi connectivity index (χ1v) is 9.46. The summed E-state index contributed by atoms with van der Waals surface area (Å²) in [7, 11) is 0. The number of ether oxygens (including phenoxy) is 2. The largest absolute Gasteiger partial charge is 0.352 e. The highest BCUT2D eigenvalue weighted by Gasteiger charge is 2.20. The number of fused-ring (bicyclic) bond motifs is 1. The second kappa shape index (κ2) is 8.50. The number of aromatic nitrogens is 1. The maximum absolute atomic E-state index is 8.39. The van der Waals surface area contributed by atoms with Gasteiger partial charge in [-0.05, 0) is 24.6 Å². The van der Waals surface area contributed by atoms with E-state index in [-0.39, 0.29) is 12.3 Å². The van der Waals surface area contributed by atoms with Crippen LogP contribution < -0.4 is 0 Å². The molecule has 1 aromatic heterocycles. The third kappa shape index (κ3) is 4.72. The lowest BCUT2D eigenvalue weighted by Crippen LogP contribution is -2.34. The minimum atomic E-state index is -0.252. The van der Waals surface area contributed by atoms with Crippen molar-refractivity contribution in [2.75, 3.05) is 19.0 Å². The number of benzene rings is 1. The Morgan fingerprint density at radius 1 is 1.46 bits per heavy atom. The molecule has 6 nitrogen and oxygen atoms in total. The molecule has 24 heavy (non-hydrogen) atoms. The quantitative estimate of drug-likeness (QED) is 0.243. The average Bonchev–Trinajstić information content (AvgIpc) is 3.02. The molecule has 1 aliphatic heterocycles. The van der Waals surface area contributed by atoms with Gasteiger partial charge in [-0.1, -0.05) is 40.7 Å². The van der Waals surface area contributed by atoms with E-state index in [0.29, 0.717) is 19.6 Å². The smallest absolute Gasteiger partial charge is 0.161 e. The van der Waals surface area contributed by atoms with E-state index in [9.17, 15) is 0 Å². The molecule has 2 aromatic rings. The van der Waals surface area contributed by atoms with E-state index >= 15 is 0 Å². The summed E-state index contributed by atoms with van der Waals surface area (Å²) in [5, 5.41) is 3.60. The van der Waals surface area contributed by atoms with Crippen LogP contribution in [0.15, 0.2) is 45.4 Å². The number of nitrogens with zero attached hydrogens (tertiary/aromatic N) is 4. The van der Waals surface area contributed by atoms with Gasteiger partial charge in [-0.2, -0.15) is 0 Å². The Bertz CT molecular complexity index is 729. The predicted molar refractivity (Wildman–Crippen MR) is 97.3 cm³/mol. The molecule has 8 heteroatoms. The first-order valence-electron chi connectivity index (χ1n) is 7.66. The first kappa shape index (κ1) is 17.3. The summed E-state index contributed by atoms with van der Waals surface area (Å²) in [6.45, 7) is 2.94. The molecule has 3 rings (SSSR count). The van der Waals surface area contributed by atoms with Crippen molar-refractivity contribution in [1.82, 2.24) is 4.98 Å². The lowest BCUT2D eigenvalue weighted by molar-refractivity contribution is -0.182. The summed E-state index contributed by atoms with van der Waals surface area (Å²) >= 11 is 3.48. The van der Waals surface area contributed by atoms with Crippen molar-refractivity contribution in [3.05, 3.63) is 46.4 Å². The monoisotopic (exact) mass is 362 g/mol. The fourth-order valence-electron chi connectivity index (χ4n) is 2.25. The molecule has 0 atom stereocenters. The molecule has 1 aliphatic rings. The van der Waals surface area contributed by atoms with Gasteiger partial charge < -0.3 is 9.47 Å². The van der Waals surface area contributed by atoms with Crippen molar-refractivity contribution in [2.24, 2.45) is 5.11 Å². The number of thiazole rings is 1. The van der Waals surface area contributed by atoms with Crippen LogP contribution >= 0.6 is 23.1 Å². The maximum atomic E-state index is 8.39. The second-order valence-corrected chi connectivity index (χ2v) is 7.73. The van der Waals surface area contributed by atoms with E-state index in [4.69, 9.17) is 15.0 Å². The van der Waals surface area contributed by atoms with Gasteiger partial charge in [-0.25, -0.2) is 4.98 Å². The normalized spacial score (nSPS) is 21.6. The number of hydrogen-bond acceptors (Lipinski definition) is 6. The molecule has 0 spiro atoms. The van der Waals surface area contributed by atoms with Gasteiger partial charge in [-0.15, -0.1) is 11.3 Å². The minimum Gasteiger partial charge on any atom is -0.352 e. The third-order valence-corrected chi connectivity index (χ3v) is 5.89. The van der Waals surface area contributed by atoms with Crippen LogP contribution in [0.25, 0.3) is 20.7 Å². The number of azide groups is 1. The van der Waals surface area contributed by atoms with Crippen LogP contribution in [0.2, 0.25) is 0 Å². The third-order valence-electron chi connectivity index (χ3n) is 3.52. The summed E-state index contributed by atoms with van der Waals surface area (Å²) in [6.07, 6.45) is 2.59. The van der Waals surface area contributed by atoms with Crippen molar-refractivity contribution in [3.63, 3.8) is 0 Å². The molecule has 0 bridgehead atoms. The van der Waals surface area contributed by atoms with Crippen LogP contribution in [-0.2, 0) is 9.47 Å². The van der Waals surface area contributed by atoms with Gasteiger partial charge in [-0.3, -0.25) is 0 Å². The molecular weight excluding hydrogens is 344 g/mol. The Morgan fingerprint density at radius 2 is 2.25 bits per heavy atom. The molecule has 0 radical (unpaired) electrons. The van der Waals surface area contributed by atoms with E-state index in [2.05, 4.69) is 34.1 Å². The van der Waals surface area contributed by atoms with Crippen LogP contribution in [0.5, 0.6) is 0 Å². The Hall–Kier alpha value is -1.57. The van der Waals surface area contributed by atoms with Gasteiger partial charge in [0.05, 0.1) is 29.5 Å². The van der Waals surface area contributed by atoms with E-state index in [0.717, 1.165) is 15.6 Å². The SMILES string of the molecule is C/C(=C\C[C@H]1OC[C@@H](N=[N+]=[N-])CO1)CSc1nc2ccccc2s1. The summed E-state index contributed by atoms with van der Waals surface area (Å²) in [4.78, 5) is 7.40. The fraction of sp³-hybridized carbons (Fsp3) is 0.438. The summed E-state index contributed by atoms with van der Waals surface area (Å²) < 4.78 is 13.4. The van der Waals surface area contributed by atoms with Crippen LogP contribution in [0.3, 0.4) is 0 Å². The fourth-order valence-corrected chi connectivity index (χ4v) is 4.26. The van der Waals surface area contributed by atoms with Gasteiger partial charge in [0.2, 0.25) is 0 Å². The van der Waals surface area contributed by atoms with Gasteiger partial charge in [0.1, 0.15) is 0 Å². The van der Waals surface area contributed by atoms with Gasteiger partial charge in [0.25, 0.3) is 0 Å². The molecule has 0 unspecified atom stereocenters. The second-order valence-electron chi connectivity index (χ2n) is 5.48. The topological polar surface area (TPSA) is 80.1 Å². The van der Waals surface area contributed by atoms with E-state index < -0.39 is 0 Å². The molecule has 0 N–H and O–H groups in total. The Balaban J connectivity index is 1.45. The standard InChI is InChI=1S/C16H18N4O2S2/c1-11(6-7-15-21-8-12(9-22-15)19-20-17)10-23-16-18-13-4-2-3-5-14(13)24-16/h2-6,12,15H,7-10H2,1H3/b11-6+/t12-,15+.